The van der Waals surface area contributed by atoms with Crippen LogP contribution in [0.1, 0.15) is 20.3 Å². The molecule has 19 heavy (non-hydrogen) atoms. The molecule has 0 radical (unpaired) electrons. The standard InChI is InChI=1S/C13H24N2O4/c1-9(7-18-3)14-13(17)11-5-12(16)15(6-11)10(2)8-19-4/h9-11H,5-8H2,1-4H3,(H,14,17)/t9-,10-,11-/m0/s1. The lowest BCUT2D eigenvalue weighted by atomic mass is 10.1. The highest BCUT2D eigenvalue weighted by atomic mass is 16.5. The lowest BCUT2D eigenvalue weighted by Gasteiger charge is -2.24. The van der Waals surface area contributed by atoms with Crippen molar-refractivity contribution in [3.05, 3.63) is 0 Å². The van der Waals surface area contributed by atoms with Gasteiger partial charge in [-0.2, -0.15) is 0 Å². The number of nitrogens with one attached hydrogen (secondary N) is 1. The van der Waals surface area contributed by atoms with Gasteiger partial charge in [0.05, 0.1) is 25.2 Å². The number of nitrogens with zero attached hydrogens (tertiary/aromatic N) is 1. The fourth-order valence-corrected chi connectivity index (χ4v) is 2.32. The van der Waals surface area contributed by atoms with E-state index in [2.05, 4.69) is 5.32 Å². The fraction of sp³-hybridized carbons (Fsp3) is 0.846. The zero-order valence-corrected chi connectivity index (χ0v) is 12.1. The highest BCUT2D eigenvalue weighted by Gasteiger charge is 2.36. The summed E-state index contributed by atoms with van der Waals surface area (Å²) in [5, 5.41) is 2.86. The third-order valence-corrected chi connectivity index (χ3v) is 3.27. The minimum Gasteiger partial charge on any atom is -0.383 e. The Bertz CT molecular complexity index is 322. The summed E-state index contributed by atoms with van der Waals surface area (Å²) < 4.78 is 10.0. The zero-order valence-electron chi connectivity index (χ0n) is 12.1. The average Bonchev–Trinajstić information content (AvgIpc) is 2.72. The lowest BCUT2D eigenvalue weighted by Crippen LogP contribution is -2.42. The largest absolute Gasteiger partial charge is 0.383 e. The summed E-state index contributed by atoms with van der Waals surface area (Å²) in [6.45, 7) is 5.23. The quantitative estimate of drug-likeness (QED) is 0.709. The van der Waals surface area contributed by atoms with E-state index in [9.17, 15) is 9.59 Å². The first-order valence-electron chi connectivity index (χ1n) is 6.57. The Balaban J connectivity index is 2.49. The van der Waals surface area contributed by atoms with Crippen molar-refractivity contribution in [2.75, 3.05) is 34.0 Å². The Morgan fingerprint density at radius 1 is 1.37 bits per heavy atom. The second-order valence-corrected chi connectivity index (χ2v) is 5.12. The maximum Gasteiger partial charge on any atom is 0.225 e. The Morgan fingerprint density at radius 2 is 2.00 bits per heavy atom. The van der Waals surface area contributed by atoms with Crippen LogP contribution in [0.15, 0.2) is 0 Å². The first-order chi connectivity index (χ1) is 8.99. The molecule has 1 rings (SSSR count). The predicted octanol–water partition coefficient (Wildman–Crippen LogP) is 0.0209. The van der Waals surface area contributed by atoms with Crippen LogP contribution in [0.2, 0.25) is 0 Å². The Kier molecular flexibility index (Phi) is 6.24. The van der Waals surface area contributed by atoms with Crippen molar-refractivity contribution < 1.29 is 19.1 Å². The van der Waals surface area contributed by atoms with Gasteiger partial charge in [0.25, 0.3) is 0 Å². The number of hydrogen-bond acceptors (Lipinski definition) is 4. The summed E-state index contributed by atoms with van der Waals surface area (Å²) in [6.07, 6.45) is 0.277. The number of ether oxygens (including phenoxy) is 2. The number of methoxy groups -OCH3 is 2. The summed E-state index contributed by atoms with van der Waals surface area (Å²) in [5.74, 6) is -0.333. The normalized spacial score (nSPS) is 22.4. The average molecular weight is 272 g/mol. The van der Waals surface area contributed by atoms with E-state index in [1.165, 1.54) is 0 Å². The van der Waals surface area contributed by atoms with Crippen LogP contribution in [0, 0.1) is 5.92 Å². The van der Waals surface area contributed by atoms with Gasteiger partial charge in [-0.3, -0.25) is 9.59 Å². The van der Waals surface area contributed by atoms with Crippen LogP contribution in [0.5, 0.6) is 0 Å². The van der Waals surface area contributed by atoms with Gasteiger partial charge in [0, 0.05) is 33.2 Å². The molecule has 0 spiro atoms. The van der Waals surface area contributed by atoms with Crippen LogP contribution >= 0.6 is 0 Å². The molecular formula is C13H24N2O4. The molecular weight excluding hydrogens is 248 g/mol. The maximum absolute atomic E-state index is 12.0. The maximum atomic E-state index is 12.0. The van der Waals surface area contributed by atoms with E-state index in [0.29, 0.717) is 19.8 Å². The van der Waals surface area contributed by atoms with Gasteiger partial charge in [-0.25, -0.2) is 0 Å². The molecule has 0 aromatic heterocycles. The van der Waals surface area contributed by atoms with Gasteiger partial charge < -0.3 is 19.7 Å². The second-order valence-electron chi connectivity index (χ2n) is 5.12. The van der Waals surface area contributed by atoms with Gasteiger partial charge in [-0.05, 0) is 13.8 Å². The number of likely N-dealkylation sites (tertiary alicyclic amines) is 1. The Hall–Kier alpha value is -1.14. The third kappa shape index (κ3) is 4.47. The predicted molar refractivity (Wildman–Crippen MR) is 70.6 cm³/mol. The van der Waals surface area contributed by atoms with E-state index in [1.54, 1.807) is 19.1 Å². The molecule has 0 saturated carbocycles. The SMILES string of the molecule is COC[C@H](C)NC(=O)[C@H]1CC(=O)N([C@@H](C)COC)C1. The molecule has 0 aliphatic carbocycles. The topological polar surface area (TPSA) is 67.9 Å². The summed E-state index contributed by atoms with van der Waals surface area (Å²) in [7, 11) is 3.20. The van der Waals surface area contributed by atoms with Crippen LogP contribution in [-0.2, 0) is 19.1 Å². The first-order valence-corrected chi connectivity index (χ1v) is 6.57. The van der Waals surface area contributed by atoms with E-state index >= 15 is 0 Å². The molecule has 110 valence electrons. The number of rotatable bonds is 7. The van der Waals surface area contributed by atoms with Crippen LogP contribution in [0.25, 0.3) is 0 Å². The molecule has 0 aromatic rings. The van der Waals surface area contributed by atoms with Crippen LogP contribution in [-0.4, -0.2) is 62.8 Å². The monoisotopic (exact) mass is 272 g/mol. The fourth-order valence-electron chi connectivity index (χ4n) is 2.32. The Morgan fingerprint density at radius 3 is 2.58 bits per heavy atom. The summed E-state index contributed by atoms with van der Waals surface area (Å²) in [6, 6.07) is -0.0373. The van der Waals surface area contributed by atoms with E-state index in [1.807, 2.05) is 13.8 Å². The minimum atomic E-state index is -0.272. The van der Waals surface area contributed by atoms with E-state index in [4.69, 9.17) is 9.47 Å². The number of amides is 2. The molecule has 1 fully saturated rings. The number of carbonyl (C=O) groups excluding carboxylic acids is 2. The molecule has 1 saturated heterocycles. The smallest absolute Gasteiger partial charge is 0.225 e. The molecule has 1 aliphatic heterocycles. The van der Waals surface area contributed by atoms with Gasteiger partial charge in [0.2, 0.25) is 11.8 Å². The minimum absolute atomic E-state index is 0.00620. The van der Waals surface area contributed by atoms with Crippen molar-refractivity contribution in [2.24, 2.45) is 5.92 Å². The lowest BCUT2D eigenvalue weighted by molar-refractivity contribution is -0.131. The zero-order chi connectivity index (χ0) is 14.4. The van der Waals surface area contributed by atoms with E-state index in [-0.39, 0.29) is 36.2 Å². The van der Waals surface area contributed by atoms with Gasteiger partial charge in [-0.15, -0.1) is 0 Å². The second kappa shape index (κ2) is 7.45. The molecule has 2 amide bonds. The third-order valence-electron chi connectivity index (χ3n) is 3.27. The summed E-state index contributed by atoms with van der Waals surface area (Å²) in [5.41, 5.74) is 0. The molecule has 1 aliphatic rings. The molecule has 1 heterocycles. The van der Waals surface area contributed by atoms with Crippen LogP contribution in [0.4, 0.5) is 0 Å². The molecule has 0 bridgehead atoms. The van der Waals surface area contributed by atoms with E-state index in [0.717, 1.165) is 0 Å². The van der Waals surface area contributed by atoms with Crippen molar-refractivity contribution in [3.63, 3.8) is 0 Å². The van der Waals surface area contributed by atoms with E-state index < -0.39 is 0 Å². The number of hydrogen-bond donors (Lipinski definition) is 1. The van der Waals surface area contributed by atoms with Crippen molar-refractivity contribution >= 4 is 11.8 Å². The summed E-state index contributed by atoms with van der Waals surface area (Å²) >= 11 is 0. The highest BCUT2D eigenvalue weighted by molar-refractivity contribution is 5.89. The van der Waals surface area contributed by atoms with Gasteiger partial charge in [-0.1, -0.05) is 0 Å². The Labute approximate surface area is 114 Å². The van der Waals surface area contributed by atoms with Crippen molar-refractivity contribution in [1.82, 2.24) is 10.2 Å². The first kappa shape index (κ1) is 15.9. The van der Waals surface area contributed by atoms with Crippen molar-refractivity contribution in [3.8, 4) is 0 Å². The molecule has 0 aromatic carbocycles. The molecule has 6 nitrogen and oxygen atoms in total. The van der Waals surface area contributed by atoms with Crippen molar-refractivity contribution in [1.29, 1.82) is 0 Å². The van der Waals surface area contributed by atoms with Crippen LogP contribution < -0.4 is 5.32 Å². The molecule has 6 heteroatoms. The molecule has 1 N–H and O–H groups in total. The van der Waals surface area contributed by atoms with Gasteiger partial charge in [0.1, 0.15) is 0 Å². The number of carbonyl (C=O) groups is 2. The summed E-state index contributed by atoms with van der Waals surface area (Å²) in [4.78, 5) is 25.6. The van der Waals surface area contributed by atoms with Crippen molar-refractivity contribution in [2.45, 2.75) is 32.4 Å². The molecule has 3 atom stereocenters. The van der Waals surface area contributed by atoms with Gasteiger partial charge in [0.15, 0.2) is 0 Å². The molecule has 0 unspecified atom stereocenters. The van der Waals surface area contributed by atoms with Crippen LogP contribution in [0.3, 0.4) is 0 Å². The van der Waals surface area contributed by atoms with Gasteiger partial charge >= 0.3 is 0 Å². The highest BCUT2D eigenvalue weighted by Crippen LogP contribution is 2.20.